The number of ether oxygens (including phenoxy) is 2. The van der Waals surface area contributed by atoms with Gasteiger partial charge in [0.25, 0.3) is 5.91 Å². The lowest BCUT2D eigenvalue weighted by Gasteiger charge is -2.26. The van der Waals surface area contributed by atoms with Gasteiger partial charge in [0.05, 0.1) is 0 Å². The fourth-order valence-electron chi connectivity index (χ4n) is 3.25. The summed E-state index contributed by atoms with van der Waals surface area (Å²) in [4.78, 5) is 27.7. The zero-order valence-corrected chi connectivity index (χ0v) is 14.8. The Bertz CT molecular complexity index is 775. The molecule has 2 atom stereocenters. The third kappa shape index (κ3) is 2.44. The summed E-state index contributed by atoms with van der Waals surface area (Å²) in [5, 5.41) is 0. The van der Waals surface area contributed by atoms with E-state index < -0.39 is 22.0 Å². The number of halogens is 3. The molecule has 0 aromatic heterocycles. The van der Waals surface area contributed by atoms with Crippen molar-refractivity contribution in [2.24, 2.45) is 0 Å². The highest BCUT2D eigenvalue weighted by Gasteiger charge is 2.74. The average molecular weight is 389 g/mol. The van der Waals surface area contributed by atoms with Crippen molar-refractivity contribution in [2.75, 3.05) is 25.3 Å². The number of fused-ring (bicyclic) bond motifs is 1. The highest BCUT2D eigenvalue weighted by Crippen LogP contribution is 2.60. The van der Waals surface area contributed by atoms with Crippen molar-refractivity contribution in [3.05, 3.63) is 18.2 Å². The smallest absolute Gasteiger partial charge is 0.263 e. The first-order valence-corrected chi connectivity index (χ1v) is 8.55. The predicted molar refractivity (Wildman–Crippen MR) is 89.0 cm³/mol. The maximum Gasteiger partial charge on any atom is 0.263 e. The van der Waals surface area contributed by atoms with Gasteiger partial charge < -0.3 is 19.3 Å². The number of alkyl halides is 3. The number of amides is 2. The molecular formula is C16H15Cl2FN2O4. The molecule has 2 unspecified atom stereocenters. The van der Waals surface area contributed by atoms with Gasteiger partial charge in [-0.2, -0.15) is 0 Å². The molecule has 1 saturated heterocycles. The zero-order chi connectivity index (χ0) is 18.0. The predicted octanol–water partition coefficient (Wildman–Crippen LogP) is 2.26. The van der Waals surface area contributed by atoms with Crippen molar-refractivity contribution >= 4 is 40.7 Å². The first-order chi connectivity index (χ1) is 11.7. The molecule has 1 aromatic rings. The van der Waals surface area contributed by atoms with Gasteiger partial charge in [0.15, 0.2) is 15.8 Å². The van der Waals surface area contributed by atoms with Crippen LogP contribution in [0.15, 0.2) is 18.2 Å². The van der Waals surface area contributed by atoms with Crippen LogP contribution in [-0.4, -0.2) is 53.1 Å². The summed E-state index contributed by atoms with van der Waals surface area (Å²) >= 11 is 11.5. The highest BCUT2D eigenvalue weighted by atomic mass is 35.5. The van der Waals surface area contributed by atoms with Crippen molar-refractivity contribution in [1.29, 1.82) is 0 Å². The minimum Gasteiger partial charge on any atom is -0.454 e. The van der Waals surface area contributed by atoms with Crippen molar-refractivity contribution < 1.29 is 23.5 Å². The summed E-state index contributed by atoms with van der Waals surface area (Å²) in [6.45, 7) is 0.552. The minimum atomic E-state index is -2.32. The fourth-order valence-corrected chi connectivity index (χ4v) is 3.78. The molecule has 9 heteroatoms. The van der Waals surface area contributed by atoms with Gasteiger partial charge in [-0.3, -0.25) is 9.59 Å². The van der Waals surface area contributed by atoms with Gasteiger partial charge in [0, 0.05) is 31.8 Å². The van der Waals surface area contributed by atoms with E-state index in [9.17, 15) is 14.0 Å². The van der Waals surface area contributed by atoms with Gasteiger partial charge in [0.2, 0.25) is 18.4 Å². The van der Waals surface area contributed by atoms with E-state index in [2.05, 4.69) is 0 Å². The second-order valence-corrected chi connectivity index (χ2v) is 7.91. The molecule has 2 fully saturated rings. The third-order valence-electron chi connectivity index (χ3n) is 4.89. The molecule has 0 spiro atoms. The van der Waals surface area contributed by atoms with E-state index >= 15 is 0 Å². The number of carbonyl (C=O) groups excluding carboxylic acids is 2. The Balaban J connectivity index is 1.51. The van der Waals surface area contributed by atoms with Crippen LogP contribution in [0, 0.1) is 0 Å². The van der Waals surface area contributed by atoms with E-state index in [1.54, 1.807) is 23.1 Å². The molecule has 0 bridgehead atoms. The summed E-state index contributed by atoms with van der Waals surface area (Å²) in [7, 11) is 1.40. The molecule has 0 N–H and O–H groups in total. The lowest BCUT2D eigenvalue weighted by molar-refractivity contribution is -0.142. The van der Waals surface area contributed by atoms with Crippen molar-refractivity contribution in [3.8, 4) is 11.5 Å². The molecule has 25 heavy (non-hydrogen) atoms. The van der Waals surface area contributed by atoms with Crippen LogP contribution in [0.2, 0.25) is 0 Å². The Morgan fingerprint density at radius 1 is 1.36 bits per heavy atom. The lowest BCUT2D eigenvalue weighted by Crippen LogP contribution is -2.48. The molecule has 1 aromatic carbocycles. The van der Waals surface area contributed by atoms with Crippen LogP contribution in [0.5, 0.6) is 11.5 Å². The first kappa shape index (κ1) is 16.7. The van der Waals surface area contributed by atoms with Gasteiger partial charge in [-0.15, -0.1) is 0 Å². The number of hydrogen-bond donors (Lipinski definition) is 0. The zero-order valence-electron chi connectivity index (χ0n) is 13.3. The number of rotatable bonds is 3. The van der Waals surface area contributed by atoms with Gasteiger partial charge in [-0.05, 0) is 18.6 Å². The second kappa shape index (κ2) is 5.38. The molecule has 6 nitrogen and oxygen atoms in total. The molecule has 0 radical (unpaired) electrons. The Kier molecular flexibility index (Phi) is 3.60. The summed E-state index contributed by atoms with van der Waals surface area (Å²) in [5.74, 6) is 0.0398. The monoisotopic (exact) mass is 388 g/mol. The highest BCUT2D eigenvalue weighted by molar-refractivity contribution is 6.54. The van der Waals surface area contributed by atoms with E-state index in [1.165, 1.54) is 7.05 Å². The van der Waals surface area contributed by atoms with Crippen LogP contribution in [0.1, 0.15) is 12.8 Å². The molecule has 2 aliphatic heterocycles. The van der Waals surface area contributed by atoms with Crippen LogP contribution in [0.3, 0.4) is 0 Å². The summed E-state index contributed by atoms with van der Waals surface area (Å²) in [5.41, 5.74) is -1.68. The maximum absolute atomic E-state index is 14.5. The normalized spacial score (nSPS) is 29.0. The quantitative estimate of drug-likeness (QED) is 0.745. The van der Waals surface area contributed by atoms with Crippen LogP contribution < -0.4 is 14.4 Å². The van der Waals surface area contributed by atoms with Gasteiger partial charge in [-0.25, -0.2) is 4.39 Å². The Morgan fingerprint density at radius 3 is 2.72 bits per heavy atom. The van der Waals surface area contributed by atoms with Crippen molar-refractivity contribution in [2.45, 2.75) is 28.9 Å². The Hall–Kier alpha value is -1.73. The lowest BCUT2D eigenvalue weighted by atomic mass is 10.2. The number of likely N-dealkylation sites (N-methyl/N-ethyl adjacent to an activating group) is 1. The Morgan fingerprint density at radius 2 is 2.04 bits per heavy atom. The van der Waals surface area contributed by atoms with E-state index in [0.29, 0.717) is 30.2 Å². The van der Waals surface area contributed by atoms with Crippen LogP contribution in [-0.2, 0) is 9.59 Å². The standard InChI is InChI=1S/C16H15Cl2FN2O4/c1-20(14(23)15(19)7-16(15,17)18)10-4-5-21(13(10)22)9-2-3-11-12(6-9)25-8-24-11/h2-3,6,10H,4-5,7-8H2,1H3. The topological polar surface area (TPSA) is 59.1 Å². The van der Waals surface area contributed by atoms with E-state index in [1.807, 2.05) is 0 Å². The van der Waals surface area contributed by atoms with Crippen LogP contribution >= 0.6 is 23.2 Å². The number of benzene rings is 1. The maximum atomic E-state index is 14.5. The average Bonchev–Trinajstić information content (AvgIpc) is 2.96. The third-order valence-corrected chi connectivity index (χ3v) is 5.76. The molecule has 3 aliphatic rings. The van der Waals surface area contributed by atoms with Gasteiger partial charge >= 0.3 is 0 Å². The summed E-state index contributed by atoms with van der Waals surface area (Å²) in [6.07, 6.45) is 0.127. The molecule has 4 rings (SSSR count). The molecule has 1 saturated carbocycles. The molecule has 2 amide bonds. The molecule has 2 heterocycles. The van der Waals surface area contributed by atoms with Crippen molar-refractivity contribution in [3.63, 3.8) is 0 Å². The van der Waals surface area contributed by atoms with E-state index in [0.717, 1.165) is 4.90 Å². The number of carbonyl (C=O) groups is 2. The summed E-state index contributed by atoms with van der Waals surface area (Å²) < 4.78 is 23.3. The van der Waals surface area contributed by atoms with Gasteiger partial charge in [-0.1, -0.05) is 23.2 Å². The number of nitrogens with zero attached hydrogens (tertiary/aromatic N) is 2. The van der Waals surface area contributed by atoms with E-state index in [-0.39, 0.29) is 19.1 Å². The fraction of sp³-hybridized carbons (Fsp3) is 0.500. The largest absolute Gasteiger partial charge is 0.454 e. The molecule has 134 valence electrons. The number of hydrogen-bond acceptors (Lipinski definition) is 4. The Labute approximate surface area is 153 Å². The number of anilines is 1. The SMILES string of the molecule is CN(C(=O)C1(F)CC1(Cl)Cl)C1CCN(c2ccc3c(c2)OCO3)C1=O. The summed E-state index contributed by atoms with van der Waals surface area (Å²) in [6, 6.07) is 4.43. The van der Waals surface area contributed by atoms with Crippen LogP contribution in [0.25, 0.3) is 0 Å². The first-order valence-electron chi connectivity index (χ1n) is 7.80. The molecular weight excluding hydrogens is 374 g/mol. The van der Waals surface area contributed by atoms with Crippen molar-refractivity contribution in [1.82, 2.24) is 4.90 Å². The van der Waals surface area contributed by atoms with Crippen LogP contribution in [0.4, 0.5) is 10.1 Å². The second-order valence-electron chi connectivity index (χ2n) is 6.43. The van der Waals surface area contributed by atoms with Gasteiger partial charge in [0.1, 0.15) is 6.04 Å². The molecule has 1 aliphatic carbocycles. The van der Waals surface area contributed by atoms with E-state index in [4.69, 9.17) is 32.7 Å². The minimum absolute atomic E-state index is 0.143.